The molecule has 0 fully saturated rings. The van der Waals surface area contributed by atoms with E-state index < -0.39 is 38.6 Å². The standard InChI is InChI=1S/2C4H9.2C3H7O3.Sn/c2*1-3-4-2;2*4-1-3(6)2-5;/h2*1,3-4H2,2H3;2*3-4,6H,1-2H2;/q;;2*-1;+2. The van der Waals surface area contributed by atoms with E-state index in [9.17, 15) is 10.2 Å². The third kappa shape index (κ3) is 33.4. The molecular formula is C14H32O6Sn. The Hall–Kier alpha value is 0.559. The van der Waals surface area contributed by atoms with Crippen LogP contribution in [-0.2, 0) is 0 Å². The SMILES string of the molecule is CCC[CH2][Sn+2][CH2]CCC.[O-]CC(O)CO.[O-]CC(O)CO. The fourth-order valence-electron chi connectivity index (χ4n) is 0.834. The second-order valence-corrected chi connectivity index (χ2v) is 8.74. The third-order valence-electron chi connectivity index (χ3n) is 2.22. The first kappa shape index (κ1) is 26.5. The van der Waals surface area contributed by atoms with Gasteiger partial charge in [-0.3, -0.25) is 0 Å². The summed E-state index contributed by atoms with van der Waals surface area (Å²) in [4.78, 5) is 0. The van der Waals surface area contributed by atoms with E-state index in [0.29, 0.717) is 0 Å². The largest absolute Gasteiger partial charge is 0.853 e. The molecule has 6 nitrogen and oxygen atoms in total. The second-order valence-electron chi connectivity index (χ2n) is 4.46. The Balaban J connectivity index is -0.000000240. The normalized spacial score (nSPS) is 12.2. The minimum Gasteiger partial charge on any atom is -0.853 e. The molecule has 0 bridgehead atoms. The number of aliphatic hydroxyl groups excluding tert-OH is 4. The molecule has 0 saturated carbocycles. The maximum absolute atomic E-state index is 9.45. The summed E-state index contributed by atoms with van der Waals surface area (Å²) in [5.74, 6) is 0. The van der Waals surface area contributed by atoms with Crippen molar-refractivity contribution in [2.24, 2.45) is 0 Å². The van der Waals surface area contributed by atoms with Crippen LogP contribution in [0.15, 0.2) is 0 Å². The molecule has 4 N–H and O–H groups in total. The minimum absolute atomic E-state index is 0.149. The van der Waals surface area contributed by atoms with Gasteiger partial charge in [-0.2, -0.15) is 0 Å². The predicted octanol–water partition coefficient (Wildman–Crippen LogP) is -1.47. The van der Waals surface area contributed by atoms with Crippen LogP contribution in [0.5, 0.6) is 0 Å². The summed E-state index contributed by atoms with van der Waals surface area (Å²) in [6.07, 6.45) is 3.71. The van der Waals surface area contributed by atoms with E-state index in [4.69, 9.17) is 20.4 Å². The molecule has 0 heterocycles. The summed E-state index contributed by atoms with van der Waals surface area (Å²) in [6.45, 7) is 2.50. The first-order valence-corrected chi connectivity index (χ1v) is 11.5. The smallest absolute Gasteiger partial charge is 0.0677 e. The van der Waals surface area contributed by atoms with Gasteiger partial charge in [-0.05, 0) is 0 Å². The molecule has 0 amide bonds. The van der Waals surface area contributed by atoms with Crippen molar-refractivity contribution in [3.8, 4) is 0 Å². The van der Waals surface area contributed by atoms with Crippen LogP contribution in [-0.4, -0.2) is 80.2 Å². The molecule has 7 heteroatoms. The van der Waals surface area contributed by atoms with Crippen molar-refractivity contribution < 1.29 is 30.6 Å². The molecule has 128 valence electrons. The van der Waals surface area contributed by atoms with Crippen LogP contribution in [0.4, 0.5) is 0 Å². The van der Waals surface area contributed by atoms with Crippen molar-refractivity contribution in [1.29, 1.82) is 0 Å². The third-order valence-corrected chi connectivity index (χ3v) is 6.26. The Morgan fingerprint density at radius 2 is 1.14 bits per heavy atom. The van der Waals surface area contributed by atoms with Crippen LogP contribution in [0.3, 0.4) is 0 Å². The van der Waals surface area contributed by atoms with Crippen LogP contribution in [0.2, 0.25) is 8.87 Å². The van der Waals surface area contributed by atoms with Gasteiger partial charge in [-0.1, -0.05) is 0 Å². The number of unbranched alkanes of at least 4 members (excludes halogenated alkanes) is 2. The first-order chi connectivity index (χ1) is 10.0. The zero-order chi connectivity index (χ0) is 16.9. The number of hydrogen-bond donors (Lipinski definition) is 4. The van der Waals surface area contributed by atoms with Crippen LogP contribution < -0.4 is 10.2 Å². The van der Waals surface area contributed by atoms with Crippen molar-refractivity contribution in [3.05, 3.63) is 0 Å². The summed E-state index contributed by atoms with van der Waals surface area (Å²) in [5, 5.41) is 50.9. The Labute approximate surface area is 139 Å². The fraction of sp³-hybridized carbons (Fsp3) is 1.00. The van der Waals surface area contributed by atoms with E-state index in [0.717, 1.165) is 0 Å². The van der Waals surface area contributed by atoms with Gasteiger partial charge in [-0.25, -0.2) is 0 Å². The van der Waals surface area contributed by atoms with Crippen molar-refractivity contribution in [2.75, 3.05) is 26.4 Å². The van der Waals surface area contributed by atoms with Gasteiger partial charge in [0.1, 0.15) is 0 Å². The molecule has 0 aliphatic carbocycles. The van der Waals surface area contributed by atoms with Crippen LogP contribution in [0, 0.1) is 0 Å². The molecule has 0 aromatic heterocycles. The predicted molar refractivity (Wildman–Crippen MR) is 81.1 cm³/mol. The molecule has 0 aromatic rings. The summed E-state index contributed by atoms with van der Waals surface area (Å²) >= 11 is 0.149. The average Bonchev–Trinajstić information content (AvgIpc) is 2.54. The van der Waals surface area contributed by atoms with Crippen LogP contribution >= 0.6 is 0 Å². The fourth-order valence-corrected chi connectivity index (χ4v) is 4.99. The van der Waals surface area contributed by atoms with Gasteiger partial charge in [0.25, 0.3) is 0 Å². The van der Waals surface area contributed by atoms with E-state index in [1.807, 2.05) is 0 Å². The zero-order valence-corrected chi connectivity index (χ0v) is 16.2. The second kappa shape index (κ2) is 25.5. The van der Waals surface area contributed by atoms with E-state index in [1.165, 1.54) is 25.7 Å². The molecular weight excluding hydrogens is 383 g/mol. The van der Waals surface area contributed by atoms with Crippen LogP contribution in [0.25, 0.3) is 0 Å². The zero-order valence-electron chi connectivity index (χ0n) is 13.3. The Bertz CT molecular complexity index is 138. The summed E-state index contributed by atoms with van der Waals surface area (Å²) in [5.41, 5.74) is 0. The molecule has 0 saturated heterocycles. The van der Waals surface area contributed by atoms with E-state index in [1.54, 1.807) is 8.87 Å². The van der Waals surface area contributed by atoms with E-state index in [-0.39, 0.29) is 21.1 Å². The molecule has 0 aliphatic heterocycles. The number of hydrogen-bond acceptors (Lipinski definition) is 6. The van der Waals surface area contributed by atoms with Crippen molar-refractivity contribution in [1.82, 2.24) is 0 Å². The molecule has 0 spiro atoms. The Morgan fingerprint density at radius 1 is 0.810 bits per heavy atom. The summed E-state index contributed by atoms with van der Waals surface area (Å²) in [7, 11) is 0. The molecule has 2 unspecified atom stereocenters. The first-order valence-electron chi connectivity index (χ1n) is 7.48. The van der Waals surface area contributed by atoms with E-state index >= 15 is 0 Å². The summed E-state index contributed by atoms with van der Waals surface area (Å²) < 4.78 is 3.25. The quantitative estimate of drug-likeness (QED) is 0.255. The Kier molecular flexibility index (Phi) is 32.1. The molecule has 2 atom stereocenters. The molecule has 0 aliphatic rings. The molecule has 0 rings (SSSR count). The Morgan fingerprint density at radius 3 is 1.29 bits per heavy atom. The van der Waals surface area contributed by atoms with Gasteiger partial charge >= 0.3 is 69.5 Å². The maximum Gasteiger partial charge on any atom is 0.0677 e. The topological polar surface area (TPSA) is 127 Å². The molecule has 21 heavy (non-hydrogen) atoms. The van der Waals surface area contributed by atoms with Crippen molar-refractivity contribution >= 4 is 21.1 Å². The van der Waals surface area contributed by atoms with Gasteiger partial charge in [0.2, 0.25) is 0 Å². The van der Waals surface area contributed by atoms with Gasteiger partial charge in [0.05, 0.1) is 25.4 Å². The molecule has 0 aromatic carbocycles. The van der Waals surface area contributed by atoms with E-state index in [2.05, 4.69) is 13.8 Å². The van der Waals surface area contributed by atoms with Crippen LogP contribution in [0.1, 0.15) is 39.5 Å². The minimum atomic E-state index is -1.06. The van der Waals surface area contributed by atoms with Gasteiger partial charge in [0.15, 0.2) is 0 Å². The van der Waals surface area contributed by atoms with Gasteiger partial charge in [-0.15, -0.1) is 13.2 Å². The summed E-state index contributed by atoms with van der Waals surface area (Å²) in [6, 6.07) is 0. The van der Waals surface area contributed by atoms with Crippen molar-refractivity contribution in [3.63, 3.8) is 0 Å². The maximum atomic E-state index is 9.45. The van der Waals surface area contributed by atoms with Gasteiger partial charge in [0, 0.05) is 0 Å². The monoisotopic (exact) mass is 416 g/mol. The average molecular weight is 415 g/mol. The number of rotatable bonds is 10. The number of aliphatic hydroxyl groups is 4. The molecule has 0 radical (unpaired) electrons. The van der Waals surface area contributed by atoms with Gasteiger partial charge < -0.3 is 30.6 Å². The van der Waals surface area contributed by atoms with Crippen molar-refractivity contribution in [2.45, 2.75) is 60.6 Å².